The highest BCUT2D eigenvalue weighted by atomic mass is 32.2. The molecule has 102 valence electrons. The lowest BCUT2D eigenvalue weighted by Gasteiger charge is -2.10. The van der Waals surface area contributed by atoms with E-state index >= 15 is 0 Å². The first kappa shape index (κ1) is 14.7. The molecule has 1 aromatic rings. The van der Waals surface area contributed by atoms with Crippen LogP contribution in [0.25, 0.3) is 0 Å². The van der Waals surface area contributed by atoms with Crippen LogP contribution in [-0.4, -0.2) is 38.7 Å². The van der Waals surface area contributed by atoms with E-state index in [0.717, 1.165) is 0 Å². The van der Waals surface area contributed by atoms with Gasteiger partial charge in [0.1, 0.15) is 10.6 Å². The quantitative estimate of drug-likeness (QED) is 0.751. The van der Waals surface area contributed by atoms with Crippen molar-refractivity contribution < 1.29 is 17.9 Å². The predicted octanol–water partition coefficient (Wildman–Crippen LogP) is -0.563. The summed E-state index contributed by atoms with van der Waals surface area (Å²) in [6.45, 7) is 2.15. The van der Waals surface area contributed by atoms with Gasteiger partial charge in [0.15, 0.2) is 0 Å². The molecule has 0 saturated carbocycles. The Balaban J connectivity index is 2.84. The van der Waals surface area contributed by atoms with Crippen LogP contribution in [0.3, 0.4) is 0 Å². The van der Waals surface area contributed by atoms with E-state index in [0.29, 0.717) is 6.54 Å². The van der Waals surface area contributed by atoms with E-state index < -0.39 is 10.0 Å². The van der Waals surface area contributed by atoms with Crippen LogP contribution in [0, 0.1) is 0 Å². The van der Waals surface area contributed by atoms with Gasteiger partial charge in [-0.1, -0.05) is 0 Å². The number of hydrogen-bond acceptors (Lipinski definition) is 4. The van der Waals surface area contributed by atoms with Gasteiger partial charge < -0.3 is 14.6 Å². The largest absolute Gasteiger partial charge is 0.380 e. The highest BCUT2D eigenvalue weighted by Gasteiger charge is 2.17. The number of ether oxygens (including phenoxy) is 1. The van der Waals surface area contributed by atoms with Crippen molar-refractivity contribution in [2.24, 2.45) is 12.2 Å². The lowest BCUT2D eigenvalue weighted by molar-refractivity contribution is 0.0863. The zero-order valence-electron chi connectivity index (χ0n) is 10.5. The second-order valence-corrected chi connectivity index (χ2v) is 5.53. The molecule has 0 spiro atoms. The molecule has 0 radical (unpaired) electrons. The van der Waals surface area contributed by atoms with Gasteiger partial charge >= 0.3 is 0 Å². The molecule has 1 aromatic heterocycles. The molecule has 0 aliphatic heterocycles. The Bertz CT molecular complexity index is 535. The monoisotopic (exact) mass is 275 g/mol. The first-order valence-electron chi connectivity index (χ1n) is 5.26. The number of nitrogens with zero attached hydrogens (tertiary/aromatic N) is 1. The third-order valence-corrected chi connectivity index (χ3v) is 3.37. The smallest absolute Gasteiger partial charge is 0.268 e. The molecule has 1 heterocycles. The van der Waals surface area contributed by atoms with Gasteiger partial charge in [-0.05, 0) is 13.0 Å². The molecule has 3 N–H and O–H groups in total. The number of nitrogens with one attached hydrogen (secondary N) is 1. The third-order valence-electron chi connectivity index (χ3n) is 2.49. The van der Waals surface area contributed by atoms with Gasteiger partial charge in [0, 0.05) is 26.9 Å². The van der Waals surface area contributed by atoms with Crippen LogP contribution in [0.15, 0.2) is 17.2 Å². The standard InChI is InChI=1S/C10H17N3O4S/c1-7(17-3)5-12-10(14)9-4-8(6-13(9)2)18(11,15)16/h4,6-7H,5H2,1-3H3,(H,12,14)(H2,11,15,16). The number of aromatic nitrogens is 1. The van der Waals surface area contributed by atoms with Crippen molar-refractivity contribution in [1.82, 2.24) is 9.88 Å². The number of amides is 1. The lowest BCUT2D eigenvalue weighted by Crippen LogP contribution is -2.32. The molecule has 1 unspecified atom stereocenters. The van der Waals surface area contributed by atoms with Crippen LogP contribution in [0.1, 0.15) is 17.4 Å². The summed E-state index contributed by atoms with van der Waals surface area (Å²) in [6.07, 6.45) is 1.18. The highest BCUT2D eigenvalue weighted by Crippen LogP contribution is 2.11. The zero-order valence-corrected chi connectivity index (χ0v) is 11.3. The van der Waals surface area contributed by atoms with Gasteiger partial charge in [0.25, 0.3) is 5.91 Å². The maximum absolute atomic E-state index is 11.8. The van der Waals surface area contributed by atoms with Crippen molar-refractivity contribution in [3.63, 3.8) is 0 Å². The van der Waals surface area contributed by atoms with Crippen molar-refractivity contribution in [2.45, 2.75) is 17.9 Å². The number of primary sulfonamides is 1. The Labute approximate surface area is 106 Å². The van der Waals surface area contributed by atoms with E-state index in [-0.39, 0.29) is 22.6 Å². The Morgan fingerprint density at radius 3 is 2.67 bits per heavy atom. The van der Waals surface area contributed by atoms with Gasteiger partial charge in [-0.15, -0.1) is 0 Å². The maximum atomic E-state index is 11.8. The molecular weight excluding hydrogens is 258 g/mol. The van der Waals surface area contributed by atoms with Crippen LogP contribution in [0.4, 0.5) is 0 Å². The summed E-state index contributed by atoms with van der Waals surface area (Å²) in [5.41, 5.74) is 0.224. The summed E-state index contributed by atoms with van der Waals surface area (Å²) in [5, 5.41) is 7.62. The molecule has 0 aromatic carbocycles. The molecule has 18 heavy (non-hydrogen) atoms. The number of rotatable bonds is 5. The van der Waals surface area contributed by atoms with E-state index in [1.54, 1.807) is 21.1 Å². The number of methoxy groups -OCH3 is 1. The average Bonchev–Trinajstić information content (AvgIpc) is 2.67. The molecule has 0 fully saturated rings. The average molecular weight is 275 g/mol. The molecule has 1 amide bonds. The van der Waals surface area contributed by atoms with Gasteiger partial charge in [-0.25, -0.2) is 13.6 Å². The van der Waals surface area contributed by atoms with Crippen LogP contribution < -0.4 is 10.5 Å². The summed E-state index contributed by atoms with van der Waals surface area (Å²) >= 11 is 0. The first-order chi connectivity index (χ1) is 8.25. The highest BCUT2D eigenvalue weighted by molar-refractivity contribution is 7.89. The summed E-state index contributed by atoms with van der Waals surface area (Å²) in [5.74, 6) is -0.378. The Morgan fingerprint density at radius 1 is 1.61 bits per heavy atom. The summed E-state index contributed by atoms with van der Waals surface area (Å²) in [7, 11) is -0.687. The van der Waals surface area contributed by atoms with Gasteiger partial charge in [0.05, 0.1) is 6.10 Å². The van der Waals surface area contributed by atoms with Crippen LogP contribution in [0.2, 0.25) is 0 Å². The molecule has 8 heteroatoms. The van der Waals surface area contributed by atoms with E-state index in [9.17, 15) is 13.2 Å². The Kier molecular flexibility index (Phi) is 4.49. The minimum atomic E-state index is -3.80. The number of aryl methyl sites for hydroxylation is 1. The zero-order chi connectivity index (χ0) is 13.9. The molecule has 0 saturated heterocycles. The first-order valence-corrected chi connectivity index (χ1v) is 6.80. The summed E-state index contributed by atoms with van der Waals surface area (Å²) in [4.78, 5) is 11.7. The van der Waals surface area contributed by atoms with Crippen molar-refractivity contribution in [1.29, 1.82) is 0 Å². The number of carbonyl (C=O) groups is 1. The Hall–Kier alpha value is -1.38. The normalized spacial score (nSPS) is 13.3. The van der Waals surface area contributed by atoms with E-state index in [1.165, 1.54) is 16.8 Å². The summed E-state index contributed by atoms with van der Waals surface area (Å²) < 4.78 is 28.7. The summed E-state index contributed by atoms with van der Waals surface area (Å²) in [6, 6.07) is 1.24. The fourth-order valence-electron chi connectivity index (χ4n) is 1.33. The minimum absolute atomic E-state index is 0.0880. The van der Waals surface area contributed by atoms with Crippen molar-refractivity contribution in [3.05, 3.63) is 18.0 Å². The second-order valence-electron chi connectivity index (χ2n) is 3.97. The molecule has 0 bridgehead atoms. The maximum Gasteiger partial charge on any atom is 0.268 e. The SMILES string of the molecule is COC(C)CNC(=O)c1cc(S(N)(=O)=O)cn1C. The fourth-order valence-corrected chi connectivity index (χ4v) is 1.91. The molecule has 0 aliphatic rings. The van der Waals surface area contributed by atoms with E-state index in [2.05, 4.69) is 5.32 Å². The van der Waals surface area contributed by atoms with Gasteiger partial charge in [-0.3, -0.25) is 4.79 Å². The van der Waals surface area contributed by atoms with Crippen molar-refractivity contribution in [3.8, 4) is 0 Å². The van der Waals surface area contributed by atoms with E-state index in [4.69, 9.17) is 9.88 Å². The van der Waals surface area contributed by atoms with E-state index in [1.807, 2.05) is 0 Å². The number of carbonyl (C=O) groups excluding carboxylic acids is 1. The van der Waals surface area contributed by atoms with Crippen molar-refractivity contribution in [2.75, 3.05) is 13.7 Å². The molecule has 1 atom stereocenters. The third kappa shape index (κ3) is 3.56. The van der Waals surface area contributed by atoms with Crippen LogP contribution in [0.5, 0.6) is 0 Å². The number of hydrogen-bond donors (Lipinski definition) is 2. The topological polar surface area (TPSA) is 103 Å². The fraction of sp³-hybridized carbons (Fsp3) is 0.500. The molecule has 0 aliphatic carbocycles. The minimum Gasteiger partial charge on any atom is -0.380 e. The second kappa shape index (κ2) is 5.51. The van der Waals surface area contributed by atoms with Gasteiger partial charge in [-0.2, -0.15) is 0 Å². The molecule has 7 nitrogen and oxygen atoms in total. The van der Waals surface area contributed by atoms with Gasteiger partial charge in [0.2, 0.25) is 10.0 Å². The molecule has 1 rings (SSSR count). The van der Waals surface area contributed by atoms with Crippen LogP contribution in [-0.2, 0) is 21.8 Å². The number of nitrogens with two attached hydrogens (primary N) is 1. The Morgan fingerprint density at radius 2 is 2.22 bits per heavy atom. The van der Waals surface area contributed by atoms with Crippen molar-refractivity contribution >= 4 is 15.9 Å². The lowest BCUT2D eigenvalue weighted by atomic mass is 10.3. The van der Waals surface area contributed by atoms with Crippen LogP contribution >= 0.6 is 0 Å². The predicted molar refractivity (Wildman–Crippen MR) is 65.6 cm³/mol. The number of sulfonamides is 1. The molecular formula is C10H17N3O4S.